The molecule has 0 unspecified atom stereocenters. The molecule has 0 heterocycles. The second-order valence-electron chi connectivity index (χ2n) is 4.97. The number of ether oxygens (including phenoxy) is 4. The monoisotopic (exact) mass is 352 g/mol. The maximum Gasteiger partial charge on any atom is 0.203 e. The molecule has 24 heavy (non-hydrogen) atoms. The zero-order valence-electron chi connectivity index (χ0n) is 14.0. The summed E-state index contributed by atoms with van der Waals surface area (Å²) < 4.78 is 46.1. The lowest BCUT2D eigenvalue weighted by atomic mass is 10.2. The normalized spacial score (nSPS) is 11.0. The van der Waals surface area contributed by atoms with Crippen LogP contribution in [0.5, 0.6) is 23.0 Å². The fraction of sp³-hybridized carbons (Fsp3) is 0.294. The first-order valence-corrected chi connectivity index (χ1v) is 8.76. The van der Waals surface area contributed by atoms with E-state index in [1.165, 1.54) is 33.5 Å². The molecule has 0 saturated carbocycles. The van der Waals surface area contributed by atoms with Gasteiger partial charge in [0.2, 0.25) is 5.75 Å². The van der Waals surface area contributed by atoms with Crippen molar-refractivity contribution in [1.82, 2.24) is 0 Å². The van der Waals surface area contributed by atoms with Crippen molar-refractivity contribution in [2.45, 2.75) is 10.6 Å². The molecule has 2 aromatic rings. The SMILES string of the molecule is COc1ccc(CS(=O)(=O)c2cc(OC)c(OC)c(OC)c2)cc1. The number of methoxy groups -OCH3 is 4. The van der Waals surface area contributed by atoms with Gasteiger partial charge in [-0.2, -0.15) is 0 Å². The predicted molar refractivity (Wildman–Crippen MR) is 90.0 cm³/mol. The minimum absolute atomic E-state index is 0.104. The van der Waals surface area contributed by atoms with Crippen LogP contribution in [0.3, 0.4) is 0 Å². The van der Waals surface area contributed by atoms with Crippen LogP contribution in [0.4, 0.5) is 0 Å². The Hall–Kier alpha value is -2.41. The second kappa shape index (κ2) is 7.44. The highest BCUT2D eigenvalue weighted by Crippen LogP contribution is 2.40. The molecule has 0 atom stereocenters. The topological polar surface area (TPSA) is 71.1 Å². The summed E-state index contributed by atoms with van der Waals surface area (Å²) in [6, 6.07) is 9.74. The third-order valence-electron chi connectivity index (χ3n) is 3.51. The summed E-state index contributed by atoms with van der Waals surface area (Å²) in [6.45, 7) is 0. The van der Waals surface area contributed by atoms with Crippen LogP contribution in [0.25, 0.3) is 0 Å². The van der Waals surface area contributed by atoms with E-state index in [0.717, 1.165) is 0 Å². The molecule has 0 bridgehead atoms. The molecule has 0 aliphatic rings. The highest BCUT2D eigenvalue weighted by atomic mass is 32.2. The van der Waals surface area contributed by atoms with Crippen LogP contribution in [0.1, 0.15) is 5.56 Å². The van der Waals surface area contributed by atoms with Gasteiger partial charge in [0.05, 0.1) is 39.1 Å². The Morgan fingerprint density at radius 1 is 0.792 bits per heavy atom. The van der Waals surface area contributed by atoms with E-state index in [1.807, 2.05) is 0 Å². The van der Waals surface area contributed by atoms with E-state index < -0.39 is 9.84 Å². The summed E-state index contributed by atoms with van der Waals surface area (Å²) in [5.41, 5.74) is 0.657. The minimum Gasteiger partial charge on any atom is -0.497 e. The van der Waals surface area contributed by atoms with Gasteiger partial charge in [0.1, 0.15) is 5.75 Å². The Morgan fingerprint density at radius 2 is 1.33 bits per heavy atom. The Balaban J connectivity index is 2.40. The molecule has 0 radical (unpaired) electrons. The Labute approximate surface area is 141 Å². The lowest BCUT2D eigenvalue weighted by molar-refractivity contribution is 0.323. The number of sulfone groups is 1. The van der Waals surface area contributed by atoms with E-state index in [0.29, 0.717) is 28.6 Å². The predicted octanol–water partition coefficient (Wildman–Crippen LogP) is 2.69. The van der Waals surface area contributed by atoms with Crippen molar-refractivity contribution < 1.29 is 27.4 Å². The molecule has 0 aromatic heterocycles. The van der Waals surface area contributed by atoms with Crippen LogP contribution < -0.4 is 18.9 Å². The van der Waals surface area contributed by atoms with Crippen LogP contribution in [0.15, 0.2) is 41.3 Å². The number of benzene rings is 2. The van der Waals surface area contributed by atoms with E-state index in [1.54, 1.807) is 31.4 Å². The lowest BCUT2D eigenvalue weighted by Crippen LogP contribution is -2.06. The van der Waals surface area contributed by atoms with Crippen molar-refractivity contribution in [1.29, 1.82) is 0 Å². The molecular weight excluding hydrogens is 332 g/mol. The molecule has 2 aromatic carbocycles. The minimum atomic E-state index is -3.58. The Morgan fingerprint density at radius 3 is 1.75 bits per heavy atom. The first kappa shape index (κ1) is 17.9. The van der Waals surface area contributed by atoms with Crippen molar-refractivity contribution >= 4 is 9.84 Å². The molecule has 0 N–H and O–H groups in total. The molecule has 130 valence electrons. The van der Waals surface area contributed by atoms with E-state index in [-0.39, 0.29) is 10.6 Å². The van der Waals surface area contributed by atoms with Gasteiger partial charge in [0.15, 0.2) is 21.3 Å². The molecule has 0 aliphatic heterocycles. The molecule has 7 heteroatoms. The van der Waals surface area contributed by atoms with Gasteiger partial charge in [-0.05, 0) is 17.7 Å². The molecule has 0 saturated heterocycles. The van der Waals surface area contributed by atoms with E-state index in [4.69, 9.17) is 18.9 Å². The highest BCUT2D eigenvalue weighted by molar-refractivity contribution is 7.90. The van der Waals surface area contributed by atoms with Crippen molar-refractivity contribution in [3.63, 3.8) is 0 Å². The average Bonchev–Trinajstić information content (AvgIpc) is 2.60. The van der Waals surface area contributed by atoms with Gasteiger partial charge in [0.25, 0.3) is 0 Å². The van der Waals surface area contributed by atoms with Gasteiger partial charge >= 0.3 is 0 Å². The van der Waals surface area contributed by atoms with Gasteiger partial charge in [-0.15, -0.1) is 0 Å². The largest absolute Gasteiger partial charge is 0.497 e. The number of hydrogen-bond acceptors (Lipinski definition) is 6. The average molecular weight is 352 g/mol. The maximum absolute atomic E-state index is 12.7. The van der Waals surface area contributed by atoms with E-state index in [9.17, 15) is 8.42 Å². The van der Waals surface area contributed by atoms with Crippen LogP contribution in [-0.2, 0) is 15.6 Å². The van der Waals surface area contributed by atoms with Gasteiger partial charge in [-0.3, -0.25) is 0 Å². The summed E-state index contributed by atoms with van der Waals surface area (Å²) in [6.07, 6.45) is 0. The summed E-state index contributed by atoms with van der Waals surface area (Å²) in [4.78, 5) is 0.104. The molecule has 0 aliphatic carbocycles. The third kappa shape index (κ3) is 3.73. The first-order valence-electron chi connectivity index (χ1n) is 7.11. The van der Waals surface area contributed by atoms with Crippen molar-refractivity contribution in [2.75, 3.05) is 28.4 Å². The van der Waals surface area contributed by atoms with Gasteiger partial charge in [-0.25, -0.2) is 8.42 Å². The van der Waals surface area contributed by atoms with Crippen molar-refractivity contribution in [2.24, 2.45) is 0 Å². The maximum atomic E-state index is 12.7. The summed E-state index contributed by atoms with van der Waals surface area (Å²) in [5.74, 6) is 1.47. The molecule has 0 fully saturated rings. The van der Waals surface area contributed by atoms with E-state index >= 15 is 0 Å². The molecule has 6 nitrogen and oxygen atoms in total. The van der Waals surface area contributed by atoms with Crippen LogP contribution in [0, 0.1) is 0 Å². The summed E-state index contributed by atoms with van der Waals surface area (Å²) >= 11 is 0. The number of hydrogen-bond donors (Lipinski definition) is 0. The van der Waals surface area contributed by atoms with E-state index in [2.05, 4.69) is 0 Å². The van der Waals surface area contributed by atoms with Gasteiger partial charge in [-0.1, -0.05) is 12.1 Å². The highest BCUT2D eigenvalue weighted by Gasteiger charge is 2.22. The van der Waals surface area contributed by atoms with Crippen molar-refractivity contribution in [3.8, 4) is 23.0 Å². The van der Waals surface area contributed by atoms with Crippen molar-refractivity contribution in [3.05, 3.63) is 42.0 Å². The summed E-state index contributed by atoms with van der Waals surface area (Å²) in [7, 11) is 2.33. The number of rotatable bonds is 7. The third-order valence-corrected chi connectivity index (χ3v) is 5.18. The van der Waals surface area contributed by atoms with Crippen LogP contribution >= 0.6 is 0 Å². The Kier molecular flexibility index (Phi) is 5.56. The second-order valence-corrected chi connectivity index (χ2v) is 6.96. The standard InChI is InChI=1S/C17H20O6S/c1-20-13-7-5-12(6-8-13)11-24(18,19)14-9-15(21-2)17(23-4)16(10-14)22-3/h5-10H,11H2,1-4H3. The summed E-state index contributed by atoms with van der Waals surface area (Å²) in [5, 5.41) is 0. The van der Waals surface area contributed by atoms with Crippen LogP contribution in [0.2, 0.25) is 0 Å². The fourth-order valence-electron chi connectivity index (χ4n) is 2.26. The molecule has 0 spiro atoms. The smallest absolute Gasteiger partial charge is 0.203 e. The Bertz CT molecular complexity index is 771. The lowest BCUT2D eigenvalue weighted by Gasteiger charge is -2.14. The molecule has 2 rings (SSSR count). The van der Waals surface area contributed by atoms with Gasteiger partial charge in [0, 0.05) is 12.1 Å². The molecular formula is C17H20O6S. The van der Waals surface area contributed by atoms with Gasteiger partial charge < -0.3 is 18.9 Å². The zero-order valence-corrected chi connectivity index (χ0v) is 14.8. The van der Waals surface area contributed by atoms with Crippen LogP contribution in [-0.4, -0.2) is 36.9 Å². The zero-order chi connectivity index (χ0) is 17.7. The fourth-order valence-corrected chi connectivity index (χ4v) is 3.63. The first-order chi connectivity index (χ1) is 11.4. The quantitative estimate of drug-likeness (QED) is 0.763. The molecule has 0 amide bonds.